The second-order valence-corrected chi connectivity index (χ2v) is 3.07. The van der Waals surface area contributed by atoms with Crippen molar-refractivity contribution < 1.29 is 18.0 Å². The topological polar surface area (TPSA) is 68.0 Å². The van der Waals surface area contributed by atoms with Crippen LogP contribution in [0.4, 0.5) is 19.0 Å². The maximum absolute atomic E-state index is 11.8. The van der Waals surface area contributed by atoms with Gasteiger partial charge >= 0.3 is 6.18 Å². The molecule has 1 aromatic rings. The van der Waals surface area contributed by atoms with Gasteiger partial charge in [-0.3, -0.25) is 4.79 Å². The molecule has 0 bridgehead atoms. The van der Waals surface area contributed by atoms with Crippen LogP contribution in [0.3, 0.4) is 0 Å². The standard InChI is InChI=1S/C9H10F3N3O/c10-9(11,12)4-5-14-8(16)6-2-1-3-7(13)15-6/h1-3H,4-5H2,(H2,13,15)(H,14,16). The Bertz CT molecular complexity index is 379. The van der Waals surface area contributed by atoms with Crippen LogP contribution >= 0.6 is 0 Å². The first-order valence-corrected chi connectivity index (χ1v) is 4.46. The van der Waals surface area contributed by atoms with E-state index in [4.69, 9.17) is 5.73 Å². The largest absolute Gasteiger partial charge is 0.390 e. The SMILES string of the molecule is Nc1cccc(C(=O)NCCC(F)(F)F)n1. The molecule has 0 aliphatic carbocycles. The second kappa shape index (κ2) is 4.82. The molecule has 0 radical (unpaired) electrons. The molecule has 1 aromatic heterocycles. The van der Waals surface area contributed by atoms with Gasteiger partial charge in [0.2, 0.25) is 0 Å². The normalized spacial score (nSPS) is 11.2. The number of carbonyl (C=O) groups is 1. The van der Waals surface area contributed by atoms with Crippen molar-refractivity contribution in [3.63, 3.8) is 0 Å². The number of rotatable bonds is 3. The van der Waals surface area contributed by atoms with Crippen LogP contribution in [0, 0.1) is 0 Å². The number of hydrogen-bond donors (Lipinski definition) is 2. The van der Waals surface area contributed by atoms with Crippen molar-refractivity contribution in [3.05, 3.63) is 23.9 Å². The van der Waals surface area contributed by atoms with Gasteiger partial charge in [0.15, 0.2) is 0 Å². The first-order valence-electron chi connectivity index (χ1n) is 4.46. The molecule has 3 N–H and O–H groups in total. The van der Waals surface area contributed by atoms with Crippen LogP contribution in [0.15, 0.2) is 18.2 Å². The first-order chi connectivity index (χ1) is 7.38. The van der Waals surface area contributed by atoms with Crippen molar-refractivity contribution in [1.29, 1.82) is 0 Å². The predicted octanol–water partition coefficient (Wildman–Crippen LogP) is 1.35. The third-order valence-electron chi connectivity index (χ3n) is 1.70. The van der Waals surface area contributed by atoms with E-state index >= 15 is 0 Å². The summed E-state index contributed by atoms with van der Waals surface area (Å²) in [5, 5.41) is 2.11. The average molecular weight is 233 g/mol. The van der Waals surface area contributed by atoms with Crippen molar-refractivity contribution in [1.82, 2.24) is 10.3 Å². The van der Waals surface area contributed by atoms with Crippen LogP contribution < -0.4 is 11.1 Å². The lowest BCUT2D eigenvalue weighted by molar-refractivity contribution is -0.132. The molecule has 0 spiro atoms. The van der Waals surface area contributed by atoms with Gasteiger partial charge in [-0.1, -0.05) is 6.07 Å². The Morgan fingerprint density at radius 2 is 2.12 bits per heavy atom. The Labute approximate surface area is 89.7 Å². The molecule has 0 unspecified atom stereocenters. The van der Waals surface area contributed by atoms with Crippen molar-refractivity contribution in [2.45, 2.75) is 12.6 Å². The number of aromatic nitrogens is 1. The number of anilines is 1. The highest BCUT2D eigenvalue weighted by Crippen LogP contribution is 2.18. The van der Waals surface area contributed by atoms with Crippen LogP contribution in [0.1, 0.15) is 16.9 Å². The Balaban J connectivity index is 2.47. The van der Waals surface area contributed by atoms with E-state index in [9.17, 15) is 18.0 Å². The lowest BCUT2D eigenvalue weighted by Crippen LogP contribution is -2.28. The molecule has 0 saturated carbocycles. The molecular formula is C9H10F3N3O. The lowest BCUT2D eigenvalue weighted by Gasteiger charge is -2.07. The number of nitrogens with zero attached hydrogens (tertiary/aromatic N) is 1. The molecule has 0 atom stereocenters. The van der Waals surface area contributed by atoms with E-state index in [1.165, 1.54) is 18.2 Å². The van der Waals surface area contributed by atoms with Gasteiger partial charge in [-0.2, -0.15) is 13.2 Å². The highest BCUT2D eigenvalue weighted by molar-refractivity contribution is 5.92. The summed E-state index contributed by atoms with van der Waals surface area (Å²) in [7, 11) is 0. The van der Waals surface area contributed by atoms with Gasteiger partial charge in [-0.05, 0) is 12.1 Å². The lowest BCUT2D eigenvalue weighted by atomic mass is 10.3. The van der Waals surface area contributed by atoms with E-state index < -0.39 is 25.0 Å². The van der Waals surface area contributed by atoms with Gasteiger partial charge in [-0.15, -0.1) is 0 Å². The molecule has 88 valence electrons. The van der Waals surface area contributed by atoms with Gasteiger partial charge < -0.3 is 11.1 Å². The minimum absolute atomic E-state index is 0.00201. The van der Waals surface area contributed by atoms with Gasteiger partial charge in [0, 0.05) is 6.54 Å². The minimum Gasteiger partial charge on any atom is -0.384 e. The molecule has 0 saturated heterocycles. The molecule has 0 aliphatic rings. The molecule has 4 nitrogen and oxygen atoms in total. The zero-order valence-corrected chi connectivity index (χ0v) is 8.21. The van der Waals surface area contributed by atoms with E-state index in [2.05, 4.69) is 10.3 Å². The average Bonchev–Trinajstić information content (AvgIpc) is 2.15. The van der Waals surface area contributed by atoms with Crippen LogP contribution in [0.5, 0.6) is 0 Å². The number of pyridine rings is 1. The van der Waals surface area contributed by atoms with E-state index in [0.29, 0.717) is 0 Å². The second-order valence-electron chi connectivity index (χ2n) is 3.07. The number of nitrogens with two attached hydrogens (primary N) is 1. The van der Waals surface area contributed by atoms with Crippen molar-refractivity contribution in [2.24, 2.45) is 0 Å². The molecule has 1 heterocycles. The molecule has 0 aliphatic heterocycles. The van der Waals surface area contributed by atoms with Crippen molar-refractivity contribution in [2.75, 3.05) is 12.3 Å². The Morgan fingerprint density at radius 1 is 1.44 bits per heavy atom. The first kappa shape index (κ1) is 12.3. The van der Waals surface area contributed by atoms with Crippen molar-refractivity contribution >= 4 is 11.7 Å². The van der Waals surface area contributed by atoms with E-state index in [0.717, 1.165) is 0 Å². The zero-order valence-electron chi connectivity index (χ0n) is 8.21. The number of nitrogens with one attached hydrogen (secondary N) is 1. The number of halogens is 3. The fourth-order valence-corrected chi connectivity index (χ4v) is 0.986. The number of nitrogen functional groups attached to an aromatic ring is 1. The highest BCUT2D eigenvalue weighted by Gasteiger charge is 2.26. The summed E-state index contributed by atoms with van der Waals surface area (Å²) in [5.41, 5.74) is 5.33. The Kier molecular flexibility index (Phi) is 3.70. The number of hydrogen-bond acceptors (Lipinski definition) is 3. The van der Waals surface area contributed by atoms with E-state index in [1.54, 1.807) is 0 Å². The maximum Gasteiger partial charge on any atom is 0.390 e. The molecule has 1 rings (SSSR count). The fourth-order valence-electron chi connectivity index (χ4n) is 0.986. The maximum atomic E-state index is 11.8. The van der Waals surface area contributed by atoms with Crippen LogP contribution in [-0.2, 0) is 0 Å². The molecule has 0 aromatic carbocycles. The van der Waals surface area contributed by atoms with Gasteiger partial charge in [0.25, 0.3) is 5.91 Å². The fraction of sp³-hybridized carbons (Fsp3) is 0.333. The van der Waals surface area contributed by atoms with Crippen molar-refractivity contribution in [3.8, 4) is 0 Å². The summed E-state index contributed by atoms with van der Waals surface area (Å²) < 4.78 is 35.4. The monoisotopic (exact) mass is 233 g/mol. The van der Waals surface area contributed by atoms with E-state index in [-0.39, 0.29) is 11.5 Å². The summed E-state index contributed by atoms with van der Waals surface area (Å²) >= 11 is 0. The third-order valence-corrected chi connectivity index (χ3v) is 1.70. The quantitative estimate of drug-likeness (QED) is 0.827. The van der Waals surface area contributed by atoms with Gasteiger partial charge in [0.05, 0.1) is 6.42 Å². The van der Waals surface area contributed by atoms with Crippen LogP contribution in [0.25, 0.3) is 0 Å². The third kappa shape index (κ3) is 4.16. The molecule has 0 fully saturated rings. The molecule has 7 heteroatoms. The Hall–Kier alpha value is -1.79. The number of carbonyl (C=O) groups excluding carboxylic acids is 1. The number of amides is 1. The number of alkyl halides is 3. The summed E-state index contributed by atoms with van der Waals surface area (Å²) in [4.78, 5) is 15.0. The molecule has 16 heavy (non-hydrogen) atoms. The summed E-state index contributed by atoms with van der Waals surface area (Å²) in [6, 6.07) is 4.35. The smallest absolute Gasteiger partial charge is 0.384 e. The van der Waals surface area contributed by atoms with E-state index in [1.807, 2.05) is 0 Å². The Morgan fingerprint density at radius 3 is 2.69 bits per heavy atom. The van der Waals surface area contributed by atoms with Gasteiger partial charge in [0.1, 0.15) is 11.5 Å². The van der Waals surface area contributed by atoms with Crippen LogP contribution in [-0.4, -0.2) is 23.6 Å². The zero-order chi connectivity index (χ0) is 12.2. The van der Waals surface area contributed by atoms with Crippen LogP contribution in [0.2, 0.25) is 0 Å². The van der Waals surface area contributed by atoms with Gasteiger partial charge in [-0.25, -0.2) is 4.98 Å². The molecule has 1 amide bonds. The minimum atomic E-state index is -4.28. The summed E-state index contributed by atoms with van der Waals surface area (Å²) in [6.45, 7) is -0.473. The summed E-state index contributed by atoms with van der Waals surface area (Å²) in [5.74, 6) is -0.528. The summed E-state index contributed by atoms with van der Waals surface area (Å²) in [6.07, 6.45) is -5.35. The highest BCUT2D eigenvalue weighted by atomic mass is 19.4. The predicted molar refractivity (Wildman–Crippen MR) is 51.7 cm³/mol. The molecular weight excluding hydrogens is 223 g/mol.